The van der Waals surface area contributed by atoms with Crippen molar-refractivity contribution >= 4 is 21.4 Å². The minimum absolute atomic E-state index is 0.0583. The third-order valence-electron chi connectivity index (χ3n) is 5.63. The summed E-state index contributed by atoms with van der Waals surface area (Å²) in [5.74, 6) is 0.0583. The molecule has 0 unspecified atom stereocenters. The lowest BCUT2D eigenvalue weighted by Crippen LogP contribution is -2.44. The molecule has 2 heterocycles. The van der Waals surface area contributed by atoms with E-state index in [1.54, 1.807) is 6.92 Å². The second kappa shape index (κ2) is 8.34. The Balaban J connectivity index is 1.70. The number of anilines is 2. The molecule has 0 spiro atoms. The van der Waals surface area contributed by atoms with Crippen LogP contribution in [0.2, 0.25) is 0 Å². The van der Waals surface area contributed by atoms with Gasteiger partial charge in [-0.05, 0) is 55.2 Å². The highest BCUT2D eigenvalue weighted by Crippen LogP contribution is 2.36. The van der Waals surface area contributed by atoms with E-state index in [1.165, 1.54) is 16.8 Å². The Hall–Kier alpha value is -2.09. The van der Waals surface area contributed by atoms with Gasteiger partial charge in [-0.25, -0.2) is 8.42 Å². The average molecular weight is 417 g/mol. The molecule has 1 atom stereocenters. The summed E-state index contributed by atoms with van der Waals surface area (Å²) < 4.78 is 37.6. The van der Waals surface area contributed by atoms with Gasteiger partial charge >= 0.3 is 0 Å². The van der Waals surface area contributed by atoms with Crippen LogP contribution in [-0.2, 0) is 32.5 Å². The van der Waals surface area contributed by atoms with Crippen LogP contribution in [-0.4, -0.2) is 46.6 Å². The zero-order valence-electron chi connectivity index (χ0n) is 17.0. The fourth-order valence-electron chi connectivity index (χ4n) is 3.95. The molecule has 7 heteroatoms. The molecule has 0 radical (unpaired) electrons. The van der Waals surface area contributed by atoms with Gasteiger partial charge in [0.2, 0.25) is 10.0 Å². The molecule has 0 amide bonds. The molecule has 2 aromatic rings. The number of morpholine rings is 1. The Labute approximate surface area is 172 Å². The predicted molar refractivity (Wildman–Crippen MR) is 116 cm³/mol. The quantitative estimate of drug-likeness (QED) is 0.809. The van der Waals surface area contributed by atoms with Crippen molar-refractivity contribution in [1.29, 1.82) is 0 Å². The monoisotopic (exact) mass is 416 g/mol. The molecular weight excluding hydrogens is 388 g/mol. The van der Waals surface area contributed by atoms with Gasteiger partial charge in [0.05, 0.1) is 32.2 Å². The topological polar surface area (TPSA) is 67.9 Å². The molecule has 6 nitrogen and oxygen atoms in total. The van der Waals surface area contributed by atoms with Gasteiger partial charge in [0.15, 0.2) is 0 Å². The molecule has 0 aliphatic carbocycles. The standard InChI is InChI=1S/C22H28N2O4S/c1-3-29(25,26)23-20-6-4-17(5-7-20)19-12-18-8-10-27-15-21(18)22(13-19)24-9-11-28-14-16(24)2/h4-7,12-13,16,23H,3,8-11,14-15H2,1-2H3/t16-/m0/s1. The Bertz CT molecular complexity index is 973. The van der Waals surface area contributed by atoms with Crippen LogP contribution in [0.1, 0.15) is 25.0 Å². The number of benzene rings is 2. The predicted octanol–water partition coefficient (Wildman–Crippen LogP) is 3.41. The summed E-state index contributed by atoms with van der Waals surface area (Å²) in [5, 5.41) is 0. The van der Waals surface area contributed by atoms with E-state index in [2.05, 4.69) is 28.7 Å². The Morgan fingerprint density at radius 3 is 2.62 bits per heavy atom. The van der Waals surface area contributed by atoms with E-state index in [0.717, 1.165) is 43.9 Å². The van der Waals surface area contributed by atoms with Crippen LogP contribution in [0.25, 0.3) is 11.1 Å². The van der Waals surface area contributed by atoms with Gasteiger partial charge in [-0.15, -0.1) is 0 Å². The molecule has 29 heavy (non-hydrogen) atoms. The van der Waals surface area contributed by atoms with Gasteiger partial charge < -0.3 is 14.4 Å². The molecule has 2 aromatic carbocycles. The highest BCUT2D eigenvalue weighted by atomic mass is 32.2. The first-order chi connectivity index (χ1) is 14.0. The largest absolute Gasteiger partial charge is 0.377 e. The summed E-state index contributed by atoms with van der Waals surface area (Å²) >= 11 is 0. The van der Waals surface area contributed by atoms with Crippen LogP contribution >= 0.6 is 0 Å². The smallest absolute Gasteiger partial charge is 0.232 e. The van der Waals surface area contributed by atoms with Crippen molar-refractivity contribution in [2.24, 2.45) is 0 Å². The van der Waals surface area contributed by atoms with Crippen molar-refractivity contribution in [3.05, 3.63) is 47.5 Å². The number of rotatable bonds is 5. The van der Waals surface area contributed by atoms with Crippen molar-refractivity contribution in [2.45, 2.75) is 32.9 Å². The number of hydrogen-bond acceptors (Lipinski definition) is 5. The first-order valence-electron chi connectivity index (χ1n) is 10.2. The van der Waals surface area contributed by atoms with E-state index in [9.17, 15) is 8.42 Å². The average Bonchev–Trinajstić information content (AvgIpc) is 2.74. The third-order valence-corrected chi connectivity index (χ3v) is 6.94. The maximum absolute atomic E-state index is 11.8. The normalized spacial score (nSPS) is 19.7. The first kappa shape index (κ1) is 20.2. The van der Waals surface area contributed by atoms with E-state index in [0.29, 0.717) is 18.3 Å². The van der Waals surface area contributed by atoms with Gasteiger partial charge in [0.25, 0.3) is 0 Å². The number of nitrogens with zero attached hydrogens (tertiary/aromatic N) is 1. The Morgan fingerprint density at radius 1 is 1.10 bits per heavy atom. The van der Waals surface area contributed by atoms with E-state index < -0.39 is 10.0 Å². The highest BCUT2D eigenvalue weighted by Gasteiger charge is 2.25. The van der Waals surface area contributed by atoms with E-state index in [1.807, 2.05) is 24.3 Å². The fraction of sp³-hybridized carbons (Fsp3) is 0.455. The lowest BCUT2D eigenvalue weighted by molar-refractivity contribution is 0.0963. The number of sulfonamides is 1. The van der Waals surface area contributed by atoms with Crippen molar-refractivity contribution in [2.75, 3.05) is 41.7 Å². The van der Waals surface area contributed by atoms with Crippen LogP contribution in [0, 0.1) is 0 Å². The Kier molecular flexibility index (Phi) is 5.81. The van der Waals surface area contributed by atoms with Crippen LogP contribution in [0.3, 0.4) is 0 Å². The third kappa shape index (κ3) is 4.42. The van der Waals surface area contributed by atoms with E-state index >= 15 is 0 Å². The maximum atomic E-state index is 11.8. The van der Waals surface area contributed by atoms with Crippen molar-refractivity contribution in [3.8, 4) is 11.1 Å². The van der Waals surface area contributed by atoms with Crippen molar-refractivity contribution in [1.82, 2.24) is 0 Å². The first-order valence-corrected chi connectivity index (χ1v) is 11.8. The zero-order chi connectivity index (χ0) is 20.4. The Morgan fingerprint density at radius 2 is 1.90 bits per heavy atom. The van der Waals surface area contributed by atoms with Crippen molar-refractivity contribution in [3.63, 3.8) is 0 Å². The summed E-state index contributed by atoms with van der Waals surface area (Å²) in [4.78, 5) is 2.42. The summed E-state index contributed by atoms with van der Waals surface area (Å²) in [5.41, 5.74) is 6.64. The molecule has 4 rings (SSSR count). The van der Waals surface area contributed by atoms with Crippen LogP contribution in [0.5, 0.6) is 0 Å². The number of fused-ring (bicyclic) bond motifs is 1. The highest BCUT2D eigenvalue weighted by molar-refractivity contribution is 7.92. The zero-order valence-corrected chi connectivity index (χ0v) is 17.8. The summed E-state index contributed by atoms with van der Waals surface area (Å²) in [6.45, 7) is 7.54. The lowest BCUT2D eigenvalue weighted by Gasteiger charge is -2.38. The van der Waals surface area contributed by atoms with E-state index in [-0.39, 0.29) is 5.75 Å². The second-order valence-corrected chi connectivity index (χ2v) is 9.65. The fourth-order valence-corrected chi connectivity index (χ4v) is 4.59. The lowest BCUT2D eigenvalue weighted by atomic mass is 9.93. The molecule has 156 valence electrons. The molecule has 2 aliphatic rings. The van der Waals surface area contributed by atoms with Crippen LogP contribution < -0.4 is 9.62 Å². The minimum Gasteiger partial charge on any atom is -0.377 e. The molecule has 0 aromatic heterocycles. The number of ether oxygens (including phenoxy) is 2. The molecular formula is C22H28N2O4S. The summed E-state index contributed by atoms with van der Waals surface area (Å²) in [6.07, 6.45) is 0.906. The van der Waals surface area contributed by atoms with Crippen molar-refractivity contribution < 1.29 is 17.9 Å². The van der Waals surface area contributed by atoms with Gasteiger partial charge in [-0.1, -0.05) is 18.2 Å². The maximum Gasteiger partial charge on any atom is 0.232 e. The van der Waals surface area contributed by atoms with Gasteiger partial charge in [0, 0.05) is 29.5 Å². The van der Waals surface area contributed by atoms with Crippen LogP contribution in [0.15, 0.2) is 36.4 Å². The van der Waals surface area contributed by atoms with Gasteiger partial charge in [-0.2, -0.15) is 0 Å². The van der Waals surface area contributed by atoms with Crippen LogP contribution in [0.4, 0.5) is 11.4 Å². The molecule has 1 N–H and O–H groups in total. The molecule has 2 aliphatic heterocycles. The SMILES string of the molecule is CCS(=O)(=O)Nc1ccc(-c2cc3c(c(N4CCOC[C@@H]4C)c2)COCC3)cc1. The van der Waals surface area contributed by atoms with Gasteiger partial charge in [0.1, 0.15) is 0 Å². The van der Waals surface area contributed by atoms with Gasteiger partial charge in [-0.3, -0.25) is 4.72 Å². The summed E-state index contributed by atoms with van der Waals surface area (Å²) in [6, 6.07) is 12.4. The summed E-state index contributed by atoms with van der Waals surface area (Å²) in [7, 11) is -3.27. The van der Waals surface area contributed by atoms with E-state index in [4.69, 9.17) is 9.47 Å². The number of nitrogens with one attached hydrogen (secondary N) is 1. The molecule has 0 saturated carbocycles. The molecule has 1 saturated heterocycles. The minimum atomic E-state index is -3.27. The number of hydrogen-bond donors (Lipinski definition) is 1. The second-order valence-electron chi connectivity index (χ2n) is 7.64. The molecule has 1 fully saturated rings. The molecule has 0 bridgehead atoms.